The lowest BCUT2D eigenvalue weighted by Gasteiger charge is -2.19. The first-order chi connectivity index (χ1) is 11.3. The summed E-state index contributed by atoms with van der Waals surface area (Å²) in [6, 6.07) is 17.6. The SMILES string of the molecule is C=C(Cc1ccc(C(C)(C)C)cc1)c1ccc(/C=C/C(C)C)cc1. The Hall–Kier alpha value is -2.08. The van der Waals surface area contributed by atoms with Crippen LogP contribution in [0.15, 0.2) is 61.2 Å². The number of hydrogen-bond donors (Lipinski definition) is 0. The molecule has 0 fully saturated rings. The monoisotopic (exact) mass is 318 g/mol. The molecule has 0 spiro atoms. The molecule has 0 saturated heterocycles. The van der Waals surface area contributed by atoms with Crippen molar-refractivity contribution in [2.45, 2.75) is 46.5 Å². The van der Waals surface area contributed by atoms with E-state index in [0.717, 1.165) is 12.0 Å². The second-order valence-electron chi connectivity index (χ2n) is 7.95. The van der Waals surface area contributed by atoms with E-state index >= 15 is 0 Å². The molecule has 2 rings (SSSR count). The molecule has 2 aromatic rings. The van der Waals surface area contributed by atoms with Crippen LogP contribution in [0.4, 0.5) is 0 Å². The number of rotatable bonds is 5. The molecular formula is C24H30. The molecule has 0 saturated carbocycles. The first kappa shape index (κ1) is 18.3. The number of hydrogen-bond acceptors (Lipinski definition) is 0. The van der Waals surface area contributed by atoms with Crippen molar-refractivity contribution in [3.05, 3.63) is 83.4 Å². The van der Waals surface area contributed by atoms with Crippen LogP contribution in [0.1, 0.15) is 56.9 Å². The molecule has 0 heterocycles. The van der Waals surface area contributed by atoms with Gasteiger partial charge in [-0.05, 0) is 45.6 Å². The van der Waals surface area contributed by atoms with Gasteiger partial charge in [0.05, 0.1) is 0 Å². The van der Waals surface area contributed by atoms with Crippen molar-refractivity contribution in [2.75, 3.05) is 0 Å². The highest BCUT2D eigenvalue weighted by Gasteiger charge is 2.12. The van der Waals surface area contributed by atoms with Crippen molar-refractivity contribution in [2.24, 2.45) is 5.92 Å². The summed E-state index contributed by atoms with van der Waals surface area (Å²) >= 11 is 0. The molecule has 0 aliphatic heterocycles. The molecule has 0 aliphatic rings. The standard InChI is InChI=1S/C24H30/c1-18(2)7-8-20-9-13-22(14-10-20)19(3)17-21-11-15-23(16-12-21)24(4,5)6/h7-16,18H,3,17H2,1-2,4-6H3/b8-7+. The van der Waals surface area contributed by atoms with Crippen LogP contribution in [0, 0.1) is 5.92 Å². The third kappa shape index (κ3) is 5.23. The van der Waals surface area contributed by atoms with Crippen molar-refractivity contribution in [1.29, 1.82) is 0 Å². The minimum Gasteiger partial charge on any atom is -0.0949 e. The van der Waals surface area contributed by atoms with Gasteiger partial charge in [0.2, 0.25) is 0 Å². The summed E-state index contributed by atoms with van der Waals surface area (Å²) in [4.78, 5) is 0. The lowest BCUT2D eigenvalue weighted by molar-refractivity contribution is 0.590. The smallest absolute Gasteiger partial charge is 0.00257 e. The van der Waals surface area contributed by atoms with Gasteiger partial charge in [0.15, 0.2) is 0 Å². The van der Waals surface area contributed by atoms with E-state index in [1.807, 2.05) is 0 Å². The van der Waals surface area contributed by atoms with Crippen LogP contribution in [0.5, 0.6) is 0 Å². The van der Waals surface area contributed by atoms with Gasteiger partial charge in [0, 0.05) is 0 Å². The molecule has 0 heteroatoms. The van der Waals surface area contributed by atoms with Crippen LogP contribution in [-0.2, 0) is 11.8 Å². The quantitative estimate of drug-likeness (QED) is 0.562. The zero-order chi connectivity index (χ0) is 17.7. The van der Waals surface area contributed by atoms with E-state index in [4.69, 9.17) is 0 Å². The first-order valence-electron chi connectivity index (χ1n) is 8.81. The predicted molar refractivity (Wildman–Crippen MR) is 108 cm³/mol. The van der Waals surface area contributed by atoms with E-state index in [0.29, 0.717) is 5.92 Å². The molecule has 0 aliphatic carbocycles. The summed E-state index contributed by atoms with van der Waals surface area (Å²) in [6.07, 6.45) is 5.30. The van der Waals surface area contributed by atoms with E-state index in [9.17, 15) is 0 Å². The van der Waals surface area contributed by atoms with Crippen molar-refractivity contribution in [3.63, 3.8) is 0 Å². The summed E-state index contributed by atoms with van der Waals surface area (Å²) < 4.78 is 0. The fourth-order valence-corrected chi connectivity index (χ4v) is 2.60. The summed E-state index contributed by atoms with van der Waals surface area (Å²) in [5.41, 5.74) is 6.52. The van der Waals surface area contributed by atoms with Gasteiger partial charge in [-0.1, -0.05) is 102 Å². The topological polar surface area (TPSA) is 0 Å². The van der Waals surface area contributed by atoms with Crippen molar-refractivity contribution in [1.82, 2.24) is 0 Å². The van der Waals surface area contributed by atoms with Crippen LogP contribution in [0.2, 0.25) is 0 Å². The third-order valence-electron chi connectivity index (χ3n) is 4.23. The normalized spacial score (nSPS) is 12.1. The van der Waals surface area contributed by atoms with Gasteiger partial charge in [-0.2, -0.15) is 0 Å². The molecule has 0 radical (unpaired) electrons. The van der Waals surface area contributed by atoms with E-state index in [2.05, 4.69) is 102 Å². The fourth-order valence-electron chi connectivity index (χ4n) is 2.60. The van der Waals surface area contributed by atoms with Crippen LogP contribution in [0.3, 0.4) is 0 Å². The third-order valence-corrected chi connectivity index (χ3v) is 4.23. The van der Waals surface area contributed by atoms with E-state index in [-0.39, 0.29) is 5.41 Å². The fraction of sp³-hybridized carbons (Fsp3) is 0.333. The summed E-state index contributed by atoms with van der Waals surface area (Å²) in [5.74, 6) is 0.579. The molecule has 0 unspecified atom stereocenters. The molecule has 126 valence electrons. The molecular weight excluding hydrogens is 288 g/mol. The average Bonchev–Trinajstić information content (AvgIpc) is 2.53. The zero-order valence-corrected chi connectivity index (χ0v) is 15.8. The van der Waals surface area contributed by atoms with Crippen molar-refractivity contribution >= 4 is 11.6 Å². The van der Waals surface area contributed by atoms with Crippen LogP contribution in [0.25, 0.3) is 11.6 Å². The second kappa shape index (κ2) is 7.66. The Morgan fingerprint density at radius 2 is 1.54 bits per heavy atom. The highest BCUT2D eigenvalue weighted by atomic mass is 14.2. The number of benzene rings is 2. The molecule has 0 bridgehead atoms. The zero-order valence-electron chi connectivity index (χ0n) is 15.8. The Kier molecular flexibility index (Phi) is 5.83. The van der Waals surface area contributed by atoms with Gasteiger partial charge in [0.25, 0.3) is 0 Å². The highest BCUT2D eigenvalue weighted by molar-refractivity contribution is 5.67. The van der Waals surface area contributed by atoms with Gasteiger partial charge in [-0.3, -0.25) is 0 Å². The minimum absolute atomic E-state index is 0.203. The Morgan fingerprint density at radius 3 is 2.04 bits per heavy atom. The maximum Gasteiger partial charge on any atom is -0.00257 e. The van der Waals surface area contributed by atoms with Gasteiger partial charge in [0.1, 0.15) is 0 Å². The van der Waals surface area contributed by atoms with Gasteiger partial charge in [-0.25, -0.2) is 0 Å². The van der Waals surface area contributed by atoms with Crippen LogP contribution >= 0.6 is 0 Å². The molecule has 0 amide bonds. The lowest BCUT2D eigenvalue weighted by Crippen LogP contribution is -2.10. The number of allylic oxidation sites excluding steroid dienone is 2. The molecule has 2 aromatic carbocycles. The van der Waals surface area contributed by atoms with E-state index in [1.54, 1.807) is 0 Å². The maximum absolute atomic E-state index is 4.28. The highest BCUT2D eigenvalue weighted by Crippen LogP contribution is 2.24. The predicted octanol–water partition coefficient (Wildman–Crippen LogP) is 6.91. The summed E-state index contributed by atoms with van der Waals surface area (Å²) in [5, 5.41) is 0. The molecule has 24 heavy (non-hydrogen) atoms. The van der Waals surface area contributed by atoms with Gasteiger partial charge < -0.3 is 0 Å². The Labute approximate surface area is 147 Å². The Balaban J connectivity index is 2.04. The molecule has 0 N–H and O–H groups in total. The lowest BCUT2D eigenvalue weighted by atomic mass is 9.86. The Bertz CT molecular complexity index is 689. The largest absolute Gasteiger partial charge is 0.0949 e. The molecule has 0 atom stereocenters. The molecule has 0 aromatic heterocycles. The van der Waals surface area contributed by atoms with Crippen molar-refractivity contribution in [3.8, 4) is 0 Å². The Morgan fingerprint density at radius 1 is 0.958 bits per heavy atom. The molecule has 0 nitrogen and oxygen atoms in total. The van der Waals surface area contributed by atoms with E-state index in [1.165, 1.54) is 22.3 Å². The van der Waals surface area contributed by atoms with Crippen molar-refractivity contribution < 1.29 is 0 Å². The summed E-state index contributed by atoms with van der Waals surface area (Å²) in [7, 11) is 0. The average molecular weight is 319 g/mol. The summed E-state index contributed by atoms with van der Waals surface area (Å²) in [6.45, 7) is 15.4. The minimum atomic E-state index is 0.203. The first-order valence-corrected chi connectivity index (χ1v) is 8.81. The van der Waals surface area contributed by atoms with Crippen LogP contribution in [-0.4, -0.2) is 0 Å². The van der Waals surface area contributed by atoms with Gasteiger partial charge in [-0.15, -0.1) is 0 Å². The van der Waals surface area contributed by atoms with E-state index < -0.39 is 0 Å². The maximum atomic E-state index is 4.28. The van der Waals surface area contributed by atoms with Gasteiger partial charge >= 0.3 is 0 Å². The second-order valence-corrected chi connectivity index (χ2v) is 7.95. The van der Waals surface area contributed by atoms with Crippen LogP contribution < -0.4 is 0 Å².